The minimum Gasteiger partial charge on any atom is -0.465 e. The zero-order valence-electron chi connectivity index (χ0n) is 11.3. The molecule has 4 heteroatoms. The first kappa shape index (κ1) is 12.5. The van der Waals surface area contributed by atoms with Crippen LogP contribution in [0.5, 0.6) is 0 Å². The second-order valence-corrected chi connectivity index (χ2v) is 4.83. The SMILES string of the molecule is Cc1ccc(CNC(=O)Cc2c[nH]c3ccccc23)o1. The number of aromatic nitrogens is 1. The molecule has 0 aliphatic carbocycles. The van der Waals surface area contributed by atoms with Gasteiger partial charge in [-0.3, -0.25) is 4.79 Å². The van der Waals surface area contributed by atoms with E-state index in [1.54, 1.807) is 0 Å². The van der Waals surface area contributed by atoms with Crippen molar-refractivity contribution in [1.29, 1.82) is 0 Å². The van der Waals surface area contributed by atoms with E-state index in [1.807, 2.05) is 49.5 Å². The Hall–Kier alpha value is -2.49. The van der Waals surface area contributed by atoms with Crippen molar-refractivity contribution in [1.82, 2.24) is 10.3 Å². The number of carbonyl (C=O) groups excluding carboxylic acids is 1. The number of H-pyrrole nitrogens is 1. The predicted octanol–water partition coefficient (Wildman–Crippen LogP) is 2.93. The molecule has 3 aromatic rings. The van der Waals surface area contributed by atoms with Crippen molar-refractivity contribution < 1.29 is 9.21 Å². The van der Waals surface area contributed by atoms with Gasteiger partial charge in [-0.15, -0.1) is 0 Å². The van der Waals surface area contributed by atoms with Gasteiger partial charge in [-0.2, -0.15) is 0 Å². The molecule has 0 atom stereocenters. The van der Waals surface area contributed by atoms with Crippen LogP contribution in [0.25, 0.3) is 10.9 Å². The summed E-state index contributed by atoms with van der Waals surface area (Å²) in [6.07, 6.45) is 2.25. The number of amides is 1. The van der Waals surface area contributed by atoms with Gasteiger partial charge in [0, 0.05) is 17.1 Å². The van der Waals surface area contributed by atoms with Crippen LogP contribution >= 0.6 is 0 Å². The van der Waals surface area contributed by atoms with Crippen LogP contribution in [0.4, 0.5) is 0 Å². The van der Waals surface area contributed by atoms with E-state index in [0.717, 1.165) is 28.0 Å². The van der Waals surface area contributed by atoms with Gasteiger partial charge in [-0.05, 0) is 30.7 Å². The number of para-hydroxylation sites is 1. The molecule has 0 saturated heterocycles. The number of hydrogen-bond donors (Lipinski definition) is 2. The van der Waals surface area contributed by atoms with E-state index in [9.17, 15) is 4.79 Å². The van der Waals surface area contributed by atoms with Crippen LogP contribution in [0, 0.1) is 6.92 Å². The lowest BCUT2D eigenvalue weighted by molar-refractivity contribution is -0.120. The zero-order valence-corrected chi connectivity index (χ0v) is 11.3. The highest BCUT2D eigenvalue weighted by atomic mass is 16.3. The highest BCUT2D eigenvalue weighted by Gasteiger charge is 2.09. The lowest BCUT2D eigenvalue weighted by Gasteiger charge is -2.02. The van der Waals surface area contributed by atoms with E-state index in [-0.39, 0.29) is 5.91 Å². The van der Waals surface area contributed by atoms with Crippen LogP contribution in [-0.2, 0) is 17.8 Å². The predicted molar refractivity (Wildman–Crippen MR) is 77.3 cm³/mol. The first-order valence-corrected chi connectivity index (χ1v) is 6.59. The van der Waals surface area contributed by atoms with Gasteiger partial charge in [0.25, 0.3) is 0 Å². The maximum atomic E-state index is 12.0. The summed E-state index contributed by atoms with van der Waals surface area (Å²) in [5.41, 5.74) is 2.06. The summed E-state index contributed by atoms with van der Waals surface area (Å²) >= 11 is 0. The third kappa shape index (κ3) is 2.59. The normalized spacial score (nSPS) is 10.8. The van der Waals surface area contributed by atoms with Gasteiger partial charge < -0.3 is 14.7 Å². The van der Waals surface area contributed by atoms with Gasteiger partial charge in [0.2, 0.25) is 5.91 Å². The molecule has 1 amide bonds. The molecule has 102 valence electrons. The molecule has 2 N–H and O–H groups in total. The van der Waals surface area contributed by atoms with Crippen molar-refractivity contribution >= 4 is 16.8 Å². The molecule has 0 radical (unpaired) electrons. The molecule has 1 aromatic carbocycles. The molecular formula is C16H16N2O2. The second kappa shape index (κ2) is 5.25. The van der Waals surface area contributed by atoms with Crippen LogP contribution in [0.1, 0.15) is 17.1 Å². The summed E-state index contributed by atoms with van der Waals surface area (Å²) in [7, 11) is 0. The number of hydrogen-bond acceptors (Lipinski definition) is 2. The van der Waals surface area contributed by atoms with Crippen LogP contribution in [0.2, 0.25) is 0 Å². The summed E-state index contributed by atoms with van der Waals surface area (Å²) in [6, 6.07) is 11.7. The Balaban J connectivity index is 1.64. The summed E-state index contributed by atoms with van der Waals surface area (Å²) in [5.74, 6) is 1.62. The molecule has 20 heavy (non-hydrogen) atoms. The van der Waals surface area contributed by atoms with Crippen molar-refractivity contribution in [3.63, 3.8) is 0 Å². The number of aryl methyl sites for hydroxylation is 1. The highest BCUT2D eigenvalue weighted by Crippen LogP contribution is 2.18. The fraction of sp³-hybridized carbons (Fsp3) is 0.188. The molecule has 2 aromatic heterocycles. The summed E-state index contributed by atoms with van der Waals surface area (Å²) < 4.78 is 5.42. The van der Waals surface area contributed by atoms with Crippen molar-refractivity contribution in [2.45, 2.75) is 19.9 Å². The first-order valence-electron chi connectivity index (χ1n) is 6.59. The fourth-order valence-corrected chi connectivity index (χ4v) is 2.28. The van der Waals surface area contributed by atoms with Crippen molar-refractivity contribution in [3.05, 3.63) is 59.7 Å². The van der Waals surface area contributed by atoms with Crippen LogP contribution < -0.4 is 5.32 Å². The summed E-state index contributed by atoms with van der Waals surface area (Å²) in [4.78, 5) is 15.1. The maximum Gasteiger partial charge on any atom is 0.224 e. The Bertz CT molecular complexity index is 740. The van der Waals surface area contributed by atoms with Gasteiger partial charge in [-0.25, -0.2) is 0 Å². The number of furan rings is 1. The minimum absolute atomic E-state index is 0.0104. The maximum absolute atomic E-state index is 12.0. The first-order chi connectivity index (χ1) is 9.72. The van der Waals surface area contributed by atoms with Gasteiger partial charge >= 0.3 is 0 Å². The van der Waals surface area contributed by atoms with Crippen LogP contribution in [0.15, 0.2) is 47.0 Å². The minimum atomic E-state index is -0.0104. The summed E-state index contributed by atoms with van der Waals surface area (Å²) in [5, 5.41) is 3.96. The zero-order chi connectivity index (χ0) is 13.9. The van der Waals surface area contributed by atoms with Gasteiger partial charge in [0.15, 0.2) is 0 Å². The Morgan fingerprint density at radius 1 is 1.25 bits per heavy atom. The van der Waals surface area contributed by atoms with E-state index < -0.39 is 0 Å². The van der Waals surface area contributed by atoms with E-state index in [0.29, 0.717) is 13.0 Å². The number of carbonyl (C=O) groups is 1. The average molecular weight is 268 g/mol. The summed E-state index contributed by atoms with van der Waals surface area (Å²) in [6.45, 7) is 2.31. The lowest BCUT2D eigenvalue weighted by atomic mass is 10.1. The molecule has 0 aliphatic heterocycles. The van der Waals surface area contributed by atoms with Crippen molar-refractivity contribution in [2.24, 2.45) is 0 Å². The fourth-order valence-electron chi connectivity index (χ4n) is 2.28. The van der Waals surface area contributed by atoms with Crippen LogP contribution in [0.3, 0.4) is 0 Å². The third-order valence-corrected chi connectivity index (χ3v) is 3.28. The molecule has 2 heterocycles. The number of aromatic amines is 1. The Morgan fingerprint density at radius 3 is 2.90 bits per heavy atom. The topological polar surface area (TPSA) is 58.0 Å². The van der Waals surface area contributed by atoms with Crippen LogP contribution in [-0.4, -0.2) is 10.9 Å². The smallest absolute Gasteiger partial charge is 0.224 e. The molecule has 0 unspecified atom stereocenters. The van der Waals surface area contributed by atoms with Gasteiger partial charge in [-0.1, -0.05) is 18.2 Å². The molecular weight excluding hydrogens is 252 g/mol. The number of nitrogens with one attached hydrogen (secondary N) is 2. The van der Waals surface area contributed by atoms with E-state index in [4.69, 9.17) is 4.42 Å². The van der Waals surface area contributed by atoms with E-state index in [1.165, 1.54) is 0 Å². The van der Waals surface area contributed by atoms with E-state index in [2.05, 4.69) is 10.3 Å². The van der Waals surface area contributed by atoms with Gasteiger partial charge in [0.1, 0.15) is 11.5 Å². The molecule has 0 spiro atoms. The molecule has 4 nitrogen and oxygen atoms in total. The Morgan fingerprint density at radius 2 is 2.10 bits per heavy atom. The van der Waals surface area contributed by atoms with Crippen molar-refractivity contribution in [2.75, 3.05) is 0 Å². The number of rotatable bonds is 4. The van der Waals surface area contributed by atoms with E-state index >= 15 is 0 Å². The monoisotopic (exact) mass is 268 g/mol. The molecule has 0 aliphatic rings. The largest absolute Gasteiger partial charge is 0.465 e. The lowest BCUT2D eigenvalue weighted by Crippen LogP contribution is -2.24. The molecule has 3 rings (SSSR count). The highest BCUT2D eigenvalue weighted by molar-refractivity contribution is 5.88. The third-order valence-electron chi connectivity index (χ3n) is 3.28. The van der Waals surface area contributed by atoms with Crippen molar-refractivity contribution in [3.8, 4) is 0 Å². The Kier molecular flexibility index (Phi) is 3.29. The Labute approximate surface area is 116 Å². The molecule has 0 fully saturated rings. The number of fused-ring (bicyclic) bond motifs is 1. The number of benzene rings is 1. The second-order valence-electron chi connectivity index (χ2n) is 4.83. The average Bonchev–Trinajstić information content (AvgIpc) is 3.04. The molecule has 0 bridgehead atoms. The standard InChI is InChI=1S/C16H16N2O2/c1-11-6-7-13(20-11)10-18-16(19)8-12-9-17-15-5-3-2-4-14(12)15/h2-7,9,17H,8,10H2,1H3,(H,18,19). The molecule has 0 saturated carbocycles. The quantitative estimate of drug-likeness (QED) is 0.764. The van der Waals surface area contributed by atoms with Gasteiger partial charge in [0.05, 0.1) is 13.0 Å².